The van der Waals surface area contributed by atoms with E-state index >= 15 is 0 Å². The summed E-state index contributed by atoms with van der Waals surface area (Å²) < 4.78 is 13.0. The predicted molar refractivity (Wildman–Crippen MR) is 71.8 cm³/mol. The number of halogens is 2. The third kappa shape index (κ3) is 4.64. The number of hydrogen-bond donors (Lipinski definition) is 1. The normalized spacial score (nSPS) is 13.8. The molecule has 1 aromatic rings. The molecule has 0 spiro atoms. The Morgan fingerprint density at radius 1 is 1.35 bits per heavy atom. The maximum absolute atomic E-state index is 13.0. The van der Waals surface area contributed by atoms with Crippen molar-refractivity contribution in [2.45, 2.75) is 46.1 Å². The van der Waals surface area contributed by atoms with Crippen molar-refractivity contribution in [3.05, 3.63) is 34.6 Å². The van der Waals surface area contributed by atoms with Crippen LogP contribution in [0, 0.1) is 11.2 Å². The van der Waals surface area contributed by atoms with E-state index in [0.717, 1.165) is 24.8 Å². The summed E-state index contributed by atoms with van der Waals surface area (Å²) in [4.78, 5) is 0. The van der Waals surface area contributed by atoms with E-state index in [4.69, 9.17) is 17.3 Å². The molecule has 1 aromatic carbocycles. The number of nitrogens with two attached hydrogens (primary N) is 1. The maximum Gasteiger partial charge on any atom is 0.141 e. The molecule has 0 aliphatic heterocycles. The van der Waals surface area contributed by atoms with Crippen molar-refractivity contribution < 1.29 is 4.39 Å². The molecule has 0 bridgehead atoms. The molecule has 96 valence electrons. The molecule has 0 fully saturated rings. The molecule has 0 aliphatic carbocycles. The fourth-order valence-electron chi connectivity index (χ4n) is 1.65. The summed E-state index contributed by atoms with van der Waals surface area (Å²) in [6.45, 7) is 6.44. The first-order chi connectivity index (χ1) is 7.80. The molecule has 1 nitrogen and oxygen atoms in total. The van der Waals surface area contributed by atoms with Crippen LogP contribution in [0.5, 0.6) is 0 Å². The van der Waals surface area contributed by atoms with Crippen molar-refractivity contribution in [1.82, 2.24) is 0 Å². The van der Waals surface area contributed by atoms with E-state index in [-0.39, 0.29) is 22.3 Å². The van der Waals surface area contributed by atoms with Gasteiger partial charge in [-0.1, -0.05) is 38.4 Å². The second-order valence-corrected chi connectivity index (χ2v) is 6.02. The van der Waals surface area contributed by atoms with Gasteiger partial charge in [0.15, 0.2) is 0 Å². The van der Waals surface area contributed by atoms with Gasteiger partial charge in [0.25, 0.3) is 0 Å². The van der Waals surface area contributed by atoms with Crippen LogP contribution in [0.15, 0.2) is 18.2 Å². The topological polar surface area (TPSA) is 26.0 Å². The zero-order valence-corrected chi connectivity index (χ0v) is 11.5. The fraction of sp³-hybridized carbons (Fsp3) is 0.571. The smallest absolute Gasteiger partial charge is 0.141 e. The number of rotatable bonds is 4. The Kier molecular flexibility index (Phi) is 4.96. The van der Waals surface area contributed by atoms with Gasteiger partial charge in [0.1, 0.15) is 5.82 Å². The van der Waals surface area contributed by atoms with E-state index in [9.17, 15) is 4.39 Å². The highest BCUT2D eigenvalue weighted by Gasteiger charge is 2.19. The van der Waals surface area contributed by atoms with E-state index in [2.05, 4.69) is 20.8 Å². The van der Waals surface area contributed by atoms with Crippen molar-refractivity contribution >= 4 is 11.6 Å². The van der Waals surface area contributed by atoms with E-state index in [1.54, 1.807) is 12.1 Å². The summed E-state index contributed by atoms with van der Waals surface area (Å²) in [6, 6.07) is 5.09. The monoisotopic (exact) mass is 257 g/mol. The van der Waals surface area contributed by atoms with E-state index in [1.165, 1.54) is 6.07 Å². The van der Waals surface area contributed by atoms with Gasteiger partial charge >= 0.3 is 0 Å². The van der Waals surface area contributed by atoms with Gasteiger partial charge in [-0.25, -0.2) is 4.39 Å². The minimum Gasteiger partial charge on any atom is -0.327 e. The summed E-state index contributed by atoms with van der Waals surface area (Å²) in [5.41, 5.74) is 7.29. The molecule has 1 atom stereocenters. The van der Waals surface area contributed by atoms with Crippen LogP contribution < -0.4 is 5.73 Å². The van der Waals surface area contributed by atoms with Crippen LogP contribution in [0.25, 0.3) is 0 Å². The van der Waals surface area contributed by atoms with Crippen molar-refractivity contribution in [3.63, 3.8) is 0 Å². The van der Waals surface area contributed by atoms with Crippen LogP contribution in [0.4, 0.5) is 4.39 Å². The average molecular weight is 258 g/mol. The van der Waals surface area contributed by atoms with Crippen molar-refractivity contribution in [2.24, 2.45) is 11.1 Å². The quantitative estimate of drug-likeness (QED) is 0.861. The zero-order chi connectivity index (χ0) is 13.1. The fourth-order valence-corrected chi connectivity index (χ4v) is 1.86. The van der Waals surface area contributed by atoms with Gasteiger partial charge in [0.2, 0.25) is 0 Å². The molecule has 1 rings (SSSR count). The van der Waals surface area contributed by atoms with Crippen molar-refractivity contribution in [1.29, 1.82) is 0 Å². The minimum atomic E-state index is -0.359. The number of benzene rings is 1. The summed E-state index contributed by atoms with van der Waals surface area (Å²) >= 11 is 5.73. The van der Waals surface area contributed by atoms with Crippen LogP contribution >= 0.6 is 11.6 Å². The maximum atomic E-state index is 13.0. The molecular formula is C14H21ClFN. The summed E-state index contributed by atoms with van der Waals surface area (Å²) in [6.07, 6.45) is 2.86. The van der Waals surface area contributed by atoms with E-state index < -0.39 is 0 Å². The second-order valence-electron chi connectivity index (χ2n) is 5.61. The largest absolute Gasteiger partial charge is 0.327 e. The van der Waals surface area contributed by atoms with Gasteiger partial charge in [-0.15, -0.1) is 0 Å². The van der Waals surface area contributed by atoms with Crippen molar-refractivity contribution in [2.75, 3.05) is 0 Å². The Bertz CT molecular complexity index is 371. The predicted octanol–water partition coefficient (Wildman–Crippen LogP) is 4.18. The molecule has 0 saturated heterocycles. The Hall–Kier alpha value is -0.600. The Balaban J connectivity index is 2.44. The molecule has 2 N–H and O–H groups in total. The molecule has 0 saturated carbocycles. The van der Waals surface area contributed by atoms with Gasteiger partial charge < -0.3 is 5.73 Å². The molecule has 3 heteroatoms. The molecule has 0 aromatic heterocycles. The number of hydrogen-bond acceptors (Lipinski definition) is 1. The minimum absolute atomic E-state index is 0.139. The standard InChI is InChI=1S/C14H21ClFN/c1-14(2,3)13(17)6-4-5-10-7-8-12(16)11(15)9-10/h7-9,13H,4-6,17H2,1-3H3. The molecule has 1 unspecified atom stereocenters. The first-order valence-electron chi connectivity index (χ1n) is 6.00. The van der Waals surface area contributed by atoms with Crippen LogP contribution in [-0.2, 0) is 6.42 Å². The third-order valence-electron chi connectivity index (χ3n) is 3.08. The summed E-state index contributed by atoms with van der Waals surface area (Å²) in [5, 5.41) is 0.197. The van der Waals surface area contributed by atoms with Gasteiger partial charge in [-0.05, 0) is 42.4 Å². The highest BCUT2D eigenvalue weighted by molar-refractivity contribution is 6.30. The molecule has 0 aliphatic rings. The van der Waals surface area contributed by atoms with Crippen LogP contribution in [-0.4, -0.2) is 6.04 Å². The Morgan fingerprint density at radius 2 is 2.00 bits per heavy atom. The highest BCUT2D eigenvalue weighted by atomic mass is 35.5. The third-order valence-corrected chi connectivity index (χ3v) is 3.37. The molecule has 0 heterocycles. The van der Waals surface area contributed by atoms with Crippen LogP contribution in [0.1, 0.15) is 39.2 Å². The van der Waals surface area contributed by atoms with Gasteiger partial charge in [-0.3, -0.25) is 0 Å². The lowest BCUT2D eigenvalue weighted by Crippen LogP contribution is -2.34. The molecule has 0 amide bonds. The van der Waals surface area contributed by atoms with Gasteiger partial charge in [0.05, 0.1) is 5.02 Å². The van der Waals surface area contributed by atoms with Gasteiger partial charge in [0, 0.05) is 6.04 Å². The first kappa shape index (κ1) is 14.5. The first-order valence-corrected chi connectivity index (χ1v) is 6.38. The van der Waals surface area contributed by atoms with E-state index in [0.29, 0.717) is 0 Å². The average Bonchev–Trinajstić information content (AvgIpc) is 2.22. The van der Waals surface area contributed by atoms with Crippen molar-refractivity contribution in [3.8, 4) is 0 Å². The Morgan fingerprint density at radius 3 is 2.53 bits per heavy atom. The lowest BCUT2D eigenvalue weighted by atomic mass is 9.84. The second kappa shape index (κ2) is 5.83. The molecular weight excluding hydrogens is 237 g/mol. The molecule has 0 radical (unpaired) electrons. The summed E-state index contributed by atoms with van der Waals surface area (Å²) in [7, 11) is 0. The lowest BCUT2D eigenvalue weighted by molar-refractivity contribution is 0.301. The number of aryl methyl sites for hydroxylation is 1. The lowest BCUT2D eigenvalue weighted by Gasteiger charge is -2.26. The van der Waals surface area contributed by atoms with Crippen LogP contribution in [0.2, 0.25) is 5.02 Å². The zero-order valence-electron chi connectivity index (χ0n) is 10.8. The van der Waals surface area contributed by atoms with E-state index in [1.807, 2.05) is 0 Å². The highest BCUT2D eigenvalue weighted by Crippen LogP contribution is 2.22. The summed E-state index contributed by atoms with van der Waals surface area (Å²) in [5.74, 6) is -0.359. The van der Waals surface area contributed by atoms with Gasteiger partial charge in [-0.2, -0.15) is 0 Å². The Labute approximate surface area is 108 Å². The molecule has 17 heavy (non-hydrogen) atoms. The van der Waals surface area contributed by atoms with Crippen LogP contribution in [0.3, 0.4) is 0 Å². The SMILES string of the molecule is CC(C)(C)C(N)CCCc1ccc(F)c(Cl)c1.